The molecule has 0 saturated heterocycles. The Balaban J connectivity index is 1.39. The third-order valence-electron chi connectivity index (χ3n) is 5.07. The highest BCUT2D eigenvalue weighted by Gasteiger charge is 2.25. The summed E-state index contributed by atoms with van der Waals surface area (Å²) in [5.74, 6) is 1.03. The highest BCUT2D eigenvalue weighted by Crippen LogP contribution is 2.38. The molecule has 0 unspecified atom stereocenters. The van der Waals surface area contributed by atoms with Gasteiger partial charge in [0.25, 0.3) is 11.5 Å². The van der Waals surface area contributed by atoms with E-state index in [2.05, 4.69) is 15.5 Å². The first-order valence-corrected chi connectivity index (χ1v) is 10.2. The molecule has 0 bridgehead atoms. The van der Waals surface area contributed by atoms with Crippen molar-refractivity contribution >= 4 is 5.91 Å². The zero-order chi connectivity index (χ0) is 21.1. The van der Waals surface area contributed by atoms with Crippen LogP contribution in [0, 0.1) is 0 Å². The quantitative estimate of drug-likeness (QED) is 0.619. The van der Waals surface area contributed by atoms with Gasteiger partial charge in [-0.3, -0.25) is 14.3 Å². The average molecular weight is 407 g/mol. The van der Waals surface area contributed by atoms with Crippen molar-refractivity contribution in [2.75, 3.05) is 13.2 Å². The number of rotatable bonds is 8. The Bertz CT molecular complexity index is 1100. The summed E-state index contributed by atoms with van der Waals surface area (Å²) in [5.41, 5.74) is 2.85. The molecule has 1 amide bonds. The summed E-state index contributed by atoms with van der Waals surface area (Å²) in [6, 6.07) is 12.7. The number of carbonyl (C=O) groups is 1. The molecular weight excluding hydrogens is 382 g/mol. The number of nitrogens with one attached hydrogen (secondary N) is 1. The Morgan fingerprint density at radius 2 is 1.93 bits per heavy atom. The van der Waals surface area contributed by atoms with Crippen LogP contribution in [0.1, 0.15) is 41.9 Å². The Hall–Kier alpha value is -3.42. The van der Waals surface area contributed by atoms with Crippen LogP contribution in [-0.2, 0) is 13.6 Å². The Kier molecular flexibility index (Phi) is 5.65. The van der Waals surface area contributed by atoms with Crippen molar-refractivity contribution in [1.29, 1.82) is 0 Å². The van der Waals surface area contributed by atoms with Gasteiger partial charge in [0, 0.05) is 31.1 Å². The van der Waals surface area contributed by atoms with Gasteiger partial charge in [-0.15, -0.1) is 0 Å². The van der Waals surface area contributed by atoms with Gasteiger partial charge in [-0.25, -0.2) is 4.68 Å². The second-order valence-corrected chi connectivity index (χ2v) is 7.35. The number of benzene rings is 1. The zero-order valence-corrected chi connectivity index (χ0v) is 17.2. The first-order valence-electron chi connectivity index (χ1n) is 10.2. The predicted molar refractivity (Wildman–Crippen MR) is 113 cm³/mol. The van der Waals surface area contributed by atoms with E-state index < -0.39 is 0 Å². The van der Waals surface area contributed by atoms with Crippen LogP contribution in [0.15, 0.2) is 47.3 Å². The van der Waals surface area contributed by atoms with Crippen molar-refractivity contribution in [2.24, 2.45) is 7.05 Å². The van der Waals surface area contributed by atoms with E-state index in [0.29, 0.717) is 37.0 Å². The number of ether oxygens (including phenoxy) is 1. The molecular formula is C22H25N5O3. The molecule has 2 aromatic heterocycles. The minimum Gasteiger partial charge on any atom is -0.494 e. The summed E-state index contributed by atoms with van der Waals surface area (Å²) in [5, 5.41) is 11.7. The lowest BCUT2D eigenvalue weighted by Gasteiger charge is -2.08. The van der Waals surface area contributed by atoms with Crippen LogP contribution in [0.25, 0.3) is 11.3 Å². The van der Waals surface area contributed by atoms with Crippen molar-refractivity contribution in [3.05, 3.63) is 64.2 Å². The van der Waals surface area contributed by atoms with Crippen LogP contribution >= 0.6 is 0 Å². The van der Waals surface area contributed by atoms with E-state index in [1.165, 1.54) is 4.68 Å². The molecule has 4 rings (SSSR count). The molecule has 1 aliphatic rings. The predicted octanol–water partition coefficient (Wildman–Crippen LogP) is 2.35. The fourth-order valence-corrected chi connectivity index (χ4v) is 3.30. The molecule has 1 aliphatic carbocycles. The maximum Gasteiger partial charge on any atom is 0.269 e. The molecule has 0 radical (unpaired) electrons. The maximum absolute atomic E-state index is 12.6. The van der Waals surface area contributed by atoms with Crippen LogP contribution in [0.2, 0.25) is 0 Å². The molecule has 30 heavy (non-hydrogen) atoms. The van der Waals surface area contributed by atoms with E-state index in [9.17, 15) is 9.59 Å². The third-order valence-corrected chi connectivity index (χ3v) is 5.07. The summed E-state index contributed by atoms with van der Waals surface area (Å²) in [4.78, 5) is 24.6. The molecule has 0 spiro atoms. The summed E-state index contributed by atoms with van der Waals surface area (Å²) in [6.45, 7) is 3.19. The number of hydrogen-bond acceptors (Lipinski definition) is 5. The normalized spacial score (nSPS) is 13.3. The minimum absolute atomic E-state index is 0.160. The fourth-order valence-electron chi connectivity index (χ4n) is 3.30. The maximum atomic E-state index is 12.6. The second-order valence-electron chi connectivity index (χ2n) is 7.35. The van der Waals surface area contributed by atoms with Gasteiger partial charge in [-0.2, -0.15) is 10.2 Å². The van der Waals surface area contributed by atoms with Gasteiger partial charge in [-0.05, 0) is 56.2 Å². The van der Waals surface area contributed by atoms with E-state index in [1.807, 2.05) is 31.2 Å². The Morgan fingerprint density at radius 3 is 2.63 bits per heavy atom. The molecule has 0 aliphatic heterocycles. The lowest BCUT2D eigenvalue weighted by atomic mass is 10.1. The third kappa shape index (κ3) is 4.42. The van der Waals surface area contributed by atoms with Crippen LogP contribution in [-0.4, -0.2) is 38.6 Å². The lowest BCUT2D eigenvalue weighted by molar-refractivity contribution is 0.0942. The number of hydrogen-bond donors (Lipinski definition) is 1. The molecule has 3 aromatic rings. The van der Waals surface area contributed by atoms with Gasteiger partial charge >= 0.3 is 0 Å². The zero-order valence-electron chi connectivity index (χ0n) is 17.2. The van der Waals surface area contributed by atoms with E-state index >= 15 is 0 Å². The molecule has 156 valence electrons. The molecule has 0 atom stereocenters. The van der Waals surface area contributed by atoms with Gasteiger partial charge in [-0.1, -0.05) is 0 Å². The van der Waals surface area contributed by atoms with Gasteiger partial charge in [0.1, 0.15) is 11.4 Å². The smallest absolute Gasteiger partial charge is 0.269 e. The highest BCUT2D eigenvalue weighted by atomic mass is 16.5. The summed E-state index contributed by atoms with van der Waals surface area (Å²) in [6.07, 6.45) is 2.25. The van der Waals surface area contributed by atoms with E-state index in [1.54, 1.807) is 29.9 Å². The number of aryl methyl sites for hydroxylation is 1. The van der Waals surface area contributed by atoms with Crippen LogP contribution in [0.5, 0.6) is 5.75 Å². The summed E-state index contributed by atoms with van der Waals surface area (Å²) in [7, 11) is 1.73. The summed E-state index contributed by atoms with van der Waals surface area (Å²) < 4.78 is 8.43. The fraction of sp³-hybridized carbons (Fsp3) is 0.364. The Labute approximate surface area is 174 Å². The molecule has 8 nitrogen and oxygen atoms in total. The van der Waals surface area contributed by atoms with Crippen LogP contribution in [0.3, 0.4) is 0 Å². The van der Waals surface area contributed by atoms with E-state index in [0.717, 1.165) is 29.8 Å². The molecule has 1 N–H and O–H groups in total. The molecule has 1 fully saturated rings. The van der Waals surface area contributed by atoms with Crippen LogP contribution < -0.4 is 15.6 Å². The average Bonchev–Trinajstić information content (AvgIpc) is 3.52. The number of nitrogens with zero attached hydrogens (tertiary/aromatic N) is 4. The molecule has 2 heterocycles. The van der Waals surface area contributed by atoms with E-state index in [-0.39, 0.29) is 11.5 Å². The summed E-state index contributed by atoms with van der Waals surface area (Å²) >= 11 is 0. The molecule has 1 aromatic carbocycles. The van der Waals surface area contributed by atoms with Crippen molar-refractivity contribution in [1.82, 2.24) is 24.9 Å². The lowest BCUT2D eigenvalue weighted by Crippen LogP contribution is -2.33. The minimum atomic E-state index is -0.242. The molecule has 1 saturated carbocycles. The first kappa shape index (κ1) is 19.9. The highest BCUT2D eigenvalue weighted by molar-refractivity contribution is 5.93. The second kappa shape index (κ2) is 8.52. The van der Waals surface area contributed by atoms with Gasteiger partial charge in [0.05, 0.1) is 24.5 Å². The van der Waals surface area contributed by atoms with Gasteiger partial charge < -0.3 is 10.1 Å². The topological polar surface area (TPSA) is 91.0 Å². The monoisotopic (exact) mass is 407 g/mol. The molecule has 8 heteroatoms. The van der Waals surface area contributed by atoms with Crippen molar-refractivity contribution in [2.45, 2.75) is 32.2 Å². The van der Waals surface area contributed by atoms with E-state index in [4.69, 9.17) is 4.74 Å². The largest absolute Gasteiger partial charge is 0.494 e. The van der Waals surface area contributed by atoms with Crippen LogP contribution in [0.4, 0.5) is 0 Å². The number of carbonyl (C=O) groups excluding carboxylic acids is 1. The van der Waals surface area contributed by atoms with Gasteiger partial charge in [0.2, 0.25) is 0 Å². The number of aromatic nitrogens is 4. The van der Waals surface area contributed by atoms with Crippen molar-refractivity contribution in [3.8, 4) is 17.0 Å². The standard InChI is InChI=1S/C22H25N5O3/c1-3-30-17-8-6-16(7-9-17)19-14-20(26(2)24-19)22(29)23-12-13-27-21(28)11-10-18(25-27)15-4-5-15/h6-11,14-15H,3-5,12-13H2,1-2H3,(H,23,29). The van der Waals surface area contributed by atoms with Crippen molar-refractivity contribution in [3.63, 3.8) is 0 Å². The van der Waals surface area contributed by atoms with Crippen molar-refractivity contribution < 1.29 is 9.53 Å². The number of amides is 1. The van der Waals surface area contributed by atoms with Gasteiger partial charge in [0.15, 0.2) is 0 Å². The Morgan fingerprint density at radius 1 is 1.17 bits per heavy atom. The first-order chi connectivity index (χ1) is 14.5. The SMILES string of the molecule is CCOc1ccc(-c2cc(C(=O)NCCn3nc(C4CC4)ccc3=O)n(C)n2)cc1.